The first-order valence-corrected chi connectivity index (χ1v) is 8.10. The van der Waals surface area contributed by atoms with Crippen molar-refractivity contribution in [1.29, 1.82) is 0 Å². The maximum Gasteiger partial charge on any atom is 0.258 e. The molecule has 0 fully saturated rings. The number of carbonyl (C=O) groups is 1. The quantitative estimate of drug-likeness (QED) is 0.757. The van der Waals surface area contributed by atoms with Gasteiger partial charge in [-0.2, -0.15) is 0 Å². The number of fused-ring (bicyclic) bond motifs is 1. The van der Waals surface area contributed by atoms with Crippen LogP contribution in [-0.4, -0.2) is 12.5 Å². The molecule has 0 saturated carbocycles. The van der Waals surface area contributed by atoms with Crippen LogP contribution in [0.5, 0.6) is 5.75 Å². The number of amides is 1. The summed E-state index contributed by atoms with van der Waals surface area (Å²) in [6.07, 6.45) is 0. The number of hydrogen-bond donors (Lipinski definition) is 1. The molecule has 0 saturated heterocycles. The van der Waals surface area contributed by atoms with Crippen molar-refractivity contribution in [3.63, 3.8) is 0 Å². The molecule has 0 aliphatic carbocycles. The molecule has 24 heavy (non-hydrogen) atoms. The van der Waals surface area contributed by atoms with E-state index < -0.39 is 0 Å². The van der Waals surface area contributed by atoms with Crippen LogP contribution in [0.4, 0.5) is 0 Å². The lowest BCUT2D eigenvalue weighted by Crippen LogP contribution is -2.31. The molecule has 3 nitrogen and oxygen atoms in total. The Balaban J connectivity index is 1.62. The summed E-state index contributed by atoms with van der Waals surface area (Å²) in [6.45, 7) is 4.02. The van der Waals surface area contributed by atoms with Crippen molar-refractivity contribution in [2.24, 2.45) is 0 Å². The van der Waals surface area contributed by atoms with E-state index in [1.54, 1.807) is 0 Å². The van der Waals surface area contributed by atoms with Crippen LogP contribution in [0.1, 0.15) is 24.1 Å². The zero-order valence-electron chi connectivity index (χ0n) is 14.0. The Hall–Kier alpha value is -2.81. The van der Waals surface area contributed by atoms with Crippen molar-refractivity contribution < 1.29 is 9.53 Å². The molecule has 3 rings (SSSR count). The second-order valence-electron chi connectivity index (χ2n) is 5.97. The third kappa shape index (κ3) is 3.74. The van der Waals surface area contributed by atoms with E-state index in [-0.39, 0.29) is 18.6 Å². The average Bonchev–Trinajstić information content (AvgIpc) is 2.60. The largest absolute Gasteiger partial charge is 0.483 e. The summed E-state index contributed by atoms with van der Waals surface area (Å²) < 4.78 is 5.72. The summed E-state index contributed by atoms with van der Waals surface area (Å²) in [5.41, 5.74) is 2.29. The lowest BCUT2D eigenvalue weighted by Gasteiger charge is -2.15. The van der Waals surface area contributed by atoms with Crippen molar-refractivity contribution in [3.8, 4) is 5.75 Å². The minimum Gasteiger partial charge on any atom is -0.483 e. The lowest BCUT2D eigenvalue weighted by molar-refractivity contribution is -0.123. The van der Waals surface area contributed by atoms with Crippen LogP contribution < -0.4 is 10.1 Å². The highest BCUT2D eigenvalue weighted by Crippen LogP contribution is 2.25. The first kappa shape index (κ1) is 16.1. The minimum atomic E-state index is -0.129. The van der Waals surface area contributed by atoms with E-state index in [0.29, 0.717) is 0 Å². The molecule has 0 aliphatic heterocycles. The molecule has 0 heterocycles. The van der Waals surface area contributed by atoms with Gasteiger partial charge in [0.25, 0.3) is 5.91 Å². The number of carbonyl (C=O) groups excluding carboxylic acids is 1. The van der Waals surface area contributed by atoms with Crippen LogP contribution in [0.15, 0.2) is 66.7 Å². The van der Waals surface area contributed by atoms with Gasteiger partial charge in [-0.05, 0) is 30.9 Å². The normalized spacial score (nSPS) is 11.9. The van der Waals surface area contributed by atoms with Gasteiger partial charge in [-0.3, -0.25) is 4.79 Å². The predicted octanol–water partition coefficient (Wildman–Crippen LogP) is 4.40. The maximum atomic E-state index is 12.2. The fourth-order valence-corrected chi connectivity index (χ4v) is 2.69. The Kier molecular flexibility index (Phi) is 4.80. The molecule has 3 aromatic carbocycles. The summed E-state index contributed by atoms with van der Waals surface area (Å²) in [6, 6.07) is 21.9. The van der Waals surface area contributed by atoms with Gasteiger partial charge < -0.3 is 10.1 Å². The van der Waals surface area contributed by atoms with E-state index in [0.717, 1.165) is 22.1 Å². The van der Waals surface area contributed by atoms with Crippen molar-refractivity contribution >= 4 is 16.7 Å². The molecule has 0 bridgehead atoms. The molecule has 1 N–H and O–H groups in total. The third-order valence-corrected chi connectivity index (χ3v) is 4.06. The fourth-order valence-electron chi connectivity index (χ4n) is 2.69. The molecule has 3 aromatic rings. The molecule has 0 spiro atoms. The summed E-state index contributed by atoms with van der Waals surface area (Å²) in [4.78, 5) is 12.2. The van der Waals surface area contributed by atoms with Crippen LogP contribution in [0, 0.1) is 6.92 Å². The van der Waals surface area contributed by atoms with Gasteiger partial charge in [0.15, 0.2) is 6.61 Å². The van der Waals surface area contributed by atoms with Crippen LogP contribution in [0.3, 0.4) is 0 Å². The standard InChI is InChI=1S/C21H21NO2/c1-15-10-12-17(13-11-15)16(2)22-21(23)14-24-20-9-5-7-18-6-3-4-8-19(18)20/h3-13,16H,14H2,1-2H3,(H,22,23). The Morgan fingerprint density at radius 2 is 1.71 bits per heavy atom. The molecule has 1 atom stereocenters. The Labute approximate surface area is 142 Å². The Morgan fingerprint density at radius 1 is 1.00 bits per heavy atom. The summed E-state index contributed by atoms with van der Waals surface area (Å²) in [5.74, 6) is 0.599. The van der Waals surface area contributed by atoms with Gasteiger partial charge in [0.2, 0.25) is 0 Å². The van der Waals surface area contributed by atoms with Gasteiger partial charge in [0.05, 0.1) is 6.04 Å². The van der Waals surface area contributed by atoms with Crippen LogP contribution in [0.25, 0.3) is 10.8 Å². The molecule has 122 valence electrons. The van der Waals surface area contributed by atoms with Gasteiger partial charge in [-0.25, -0.2) is 0 Å². The maximum absolute atomic E-state index is 12.2. The zero-order valence-corrected chi connectivity index (χ0v) is 14.0. The first-order valence-electron chi connectivity index (χ1n) is 8.10. The van der Waals surface area contributed by atoms with Gasteiger partial charge >= 0.3 is 0 Å². The molecule has 0 aromatic heterocycles. The number of rotatable bonds is 5. The second kappa shape index (κ2) is 7.18. The van der Waals surface area contributed by atoms with Crippen molar-refractivity contribution in [2.75, 3.05) is 6.61 Å². The minimum absolute atomic E-state index is 0.00418. The Morgan fingerprint density at radius 3 is 2.50 bits per heavy atom. The topological polar surface area (TPSA) is 38.3 Å². The van der Waals surface area contributed by atoms with Crippen LogP contribution >= 0.6 is 0 Å². The second-order valence-corrected chi connectivity index (χ2v) is 5.97. The van der Waals surface area contributed by atoms with Gasteiger partial charge in [-0.1, -0.05) is 66.2 Å². The molecular formula is C21H21NO2. The van der Waals surface area contributed by atoms with Crippen LogP contribution in [-0.2, 0) is 4.79 Å². The van der Waals surface area contributed by atoms with Crippen molar-refractivity contribution in [3.05, 3.63) is 77.9 Å². The van der Waals surface area contributed by atoms with E-state index in [1.807, 2.05) is 80.6 Å². The van der Waals surface area contributed by atoms with Gasteiger partial charge in [0, 0.05) is 5.39 Å². The zero-order chi connectivity index (χ0) is 16.9. The molecular weight excluding hydrogens is 298 g/mol. The van der Waals surface area contributed by atoms with E-state index >= 15 is 0 Å². The molecule has 0 radical (unpaired) electrons. The van der Waals surface area contributed by atoms with Crippen molar-refractivity contribution in [2.45, 2.75) is 19.9 Å². The number of hydrogen-bond acceptors (Lipinski definition) is 2. The number of nitrogens with one attached hydrogen (secondary N) is 1. The van der Waals surface area contributed by atoms with E-state index in [1.165, 1.54) is 5.56 Å². The number of ether oxygens (including phenoxy) is 1. The first-order chi connectivity index (χ1) is 11.6. The monoisotopic (exact) mass is 319 g/mol. The molecule has 3 heteroatoms. The van der Waals surface area contributed by atoms with E-state index in [2.05, 4.69) is 5.32 Å². The van der Waals surface area contributed by atoms with E-state index in [4.69, 9.17) is 4.74 Å². The van der Waals surface area contributed by atoms with Gasteiger partial charge in [0.1, 0.15) is 5.75 Å². The van der Waals surface area contributed by atoms with Crippen LogP contribution in [0.2, 0.25) is 0 Å². The van der Waals surface area contributed by atoms with Crippen molar-refractivity contribution in [1.82, 2.24) is 5.32 Å². The summed E-state index contributed by atoms with van der Waals surface area (Å²) in [7, 11) is 0. The molecule has 1 amide bonds. The van der Waals surface area contributed by atoms with Gasteiger partial charge in [-0.15, -0.1) is 0 Å². The highest BCUT2D eigenvalue weighted by Gasteiger charge is 2.10. The Bertz CT molecular complexity index is 835. The lowest BCUT2D eigenvalue weighted by atomic mass is 10.1. The SMILES string of the molecule is Cc1ccc(C(C)NC(=O)COc2cccc3ccccc23)cc1. The highest BCUT2D eigenvalue weighted by atomic mass is 16.5. The molecule has 1 unspecified atom stereocenters. The predicted molar refractivity (Wildman–Crippen MR) is 97.2 cm³/mol. The number of benzene rings is 3. The summed E-state index contributed by atoms with van der Waals surface area (Å²) in [5, 5.41) is 5.08. The average molecular weight is 319 g/mol. The number of aryl methyl sites for hydroxylation is 1. The smallest absolute Gasteiger partial charge is 0.258 e. The summed E-state index contributed by atoms with van der Waals surface area (Å²) >= 11 is 0. The fraction of sp³-hybridized carbons (Fsp3) is 0.190. The van der Waals surface area contributed by atoms with E-state index in [9.17, 15) is 4.79 Å². The third-order valence-electron chi connectivity index (χ3n) is 4.06. The molecule has 0 aliphatic rings. The highest BCUT2D eigenvalue weighted by molar-refractivity contribution is 5.88.